The lowest BCUT2D eigenvalue weighted by Gasteiger charge is -2.58. The van der Waals surface area contributed by atoms with Gasteiger partial charge in [0.15, 0.2) is 0 Å². The predicted octanol–water partition coefficient (Wildman–Crippen LogP) is 3.59. The number of nitrogens with zero attached hydrogens (tertiary/aromatic N) is 2. The second-order valence-corrected chi connectivity index (χ2v) is 7.53. The molecular weight excluding hydrogens is 282 g/mol. The second kappa shape index (κ2) is 5.44. The van der Waals surface area contributed by atoms with Gasteiger partial charge in [0, 0.05) is 29.6 Å². The summed E-state index contributed by atoms with van der Waals surface area (Å²) in [6.45, 7) is 7.30. The third-order valence-corrected chi connectivity index (χ3v) is 5.68. The van der Waals surface area contributed by atoms with E-state index in [2.05, 4.69) is 36.3 Å². The first-order chi connectivity index (χ1) is 10.0. The third kappa shape index (κ3) is 2.48. The van der Waals surface area contributed by atoms with Crippen LogP contribution in [0, 0.1) is 11.3 Å². The van der Waals surface area contributed by atoms with E-state index in [0.29, 0.717) is 17.4 Å². The number of aromatic nitrogens is 1. The minimum absolute atomic E-state index is 0.0245. The number of hydrogen-bond donors (Lipinski definition) is 1. The summed E-state index contributed by atoms with van der Waals surface area (Å²) in [5.41, 5.74) is 0.302. The van der Waals surface area contributed by atoms with Gasteiger partial charge in [0.1, 0.15) is 5.01 Å². The number of thiazole rings is 1. The largest absolute Gasteiger partial charge is 0.329 e. The van der Waals surface area contributed by atoms with Crippen LogP contribution in [0.2, 0.25) is 0 Å². The molecule has 4 nitrogen and oxygen atoms in total. The Kier molecular flexibility index (Phi) is 3.78. The Morgan fingerprint density at radius 1 is 1.43 bits per heavy atom. The predicted molar refractivity (Wildman–Crippen MR) is 85.2 cm³/mol. The molecule has 0 bridgehead atoms. The van der Waals surface area contributed by atoms with Gasteiger partial charge in [0.05, 0.1) is 6.04 Å². The molecule has 1 unspecified atom stereocenters. The number of amides is 2. The van der Waals surface area contributed by atoms with E-state index in [1.165, 1.54) is 0 Å². The first-order valence-electron chi connectivity index (χ1n) is 7.65. The zero-order valence-electron chi connectivity index (χ0n) is 12.9. The van der Waals surface area contributed by atoms with Crippen LogP contribution in [0.25, 0.3) is 0 Å². The zero-order chi connectivity index (χ0) is 15.0. The Labute approximate surface area is 130 Å². The summed E-state index contributed by atoms with van der Waals surface area (Å²) in [6.07, 6.45) is 8.54. The second-order valence-electron chi connectivity index (χ2n) is 6.60. The third-order valence-electron chi connectivity index (χ3n) is 4.72. The Hall–Kier alpha value is -1.36. The minimum Gasteiger partial charge on any atom is -0.329 e. The molecule has 5 heteroatoms. The van der Waals surface area contributed by atoms with Gasteiger partial charge in [-0.25, -0.2) is 9.78 Å². The quantitative estimate of drug-likeness (QED) is 0.867. The van der Waals surface area contributed by atoms with E-state index in [1.807, 2.05) is 17.2 Å². The van der Waals surface area contributed by atoms with Crippen LogP contribution in [0.3, 0.4) is 0 Å². The monoisotopic (exact) mass is 305 g/mol. The van der Waals surface area contributed by atoms with E-state index in [1.54, 1.807) is 17.5 Å². The first kappa shape index (κ1) is 14.6. The van der Waals surface area contributed by atoms with Crippen molar-refractivity contribution < 1.29 is 4.79 Å². The van der Waals surface area contributed by atoms with Crippen molar-refractivity contribution in [2.45, 2.75) is 45.7 Å². The lowest BCUT2D eigenvalue weighted by molar-refractivity contribution is -0.0581. The van der Waals surface area contributed by atoms with E-state index < -0.39 is 0 Å². The molecule has 1 fully saturated rings. The molecule has 2 amide bonds. The summed E-state index contributed by atoms with van der Waals surface area (Å²) in [7, 11) is 0. The summed E-state index contributed by atoms with van der Waals surface area (Å²) in [5, 5.41) is 5.99. The number of carbonyl (C=O) groups is 1. The average Bonchev–Trinajstić information content (AvgIpc) is 3.08. The normalized spacial score (nSPS) is 24.4. The van der Waals surface area contributed by atoms with Gasteiger partial charge in [-0.3, -0.25) is 0 Å². The van der Waals surface area contributed by atoms with Gasteiger partial charge in [-0.2, -0.15) is 0 Å². The topological polar surface area (TPSA) is 45.2 Å². The molecule has 2 aliphatic rings. The molecule has 2 atom stereocenters. The van der Waals surface area contributed by atoms with E-state index in [4.69, 9.17) is 0 Å². The van der Waals surface area contributed by atoms with Crippen LogP contribution < -0.4 is 5.32 Å². The maximum atomic E-state index is 12.6. The fourth-order valence-electron chi connectivity index (χ4n) is 3.88. The molecule has 1 N–H and O–H groups in total. The highest BCUT2D eigenvalue weighted by Crippen LogP contribution is 2.50. The maximum Gasteiger partial charge on any atom is 0.318 e. The zero-order valence-corrected chi connectivity index (χ0v) is 13.7. The van der Waals surface area contributed by atoms with Gasteiger partial charge >= 0.3 is 6.03 Å². The van der Waals surface area contributed by atoms with Crippen LogP contribution in [0.5, 0.6) is 0 Å². The average molecular weight is 305 g/mol. The molecule has 0 aromatic carbocycles. The fraction of sp³-hybridized carbons (Fsp3) is 0.625. The van der Waals surface area contributed by atoms with Gasteiger partial charge in [-0.15, -0.1) is 11.3 Å². The highest BCUT2D eigenvalue weighted by atomic mass is 32.1. The molecule has 3 rings (SSSR count). The fourth-order valence-corrected chi connectivity index (χ4v) is 4.53. The van der Waals surface area contributed by atoms with Crippen molar-refractivity contribution in [2.75, 3.05) is 6.54 Å². The van der Waals surface area contributed by atoms with Gasteiger partial charge in [-0.1, -0.05) is 26.0 Å². The van der Waals surface area contributed by atoms with Crippen molar-refractivity contribution in [1.29, 1.82) is 0 Å². The molecule has 0 radical (unpaired) electrons. The molecule has 1 spiro atoms. The van der Waals surface area contributed by atoms with Crippen LogP contribution >= 0.6 is 11.3 Å². The molecule has 0 saturated carbocycles. The smallest absolute Gasteiger partial charge is 0.318 e. The van der Waals surface area contributed by atoms with Crippen molar-refractivity contribution in [1.82, 2.24) is 15.2 Å². The summed E-state index contributed by atoms with van der Waals surface area (Å²) in [5.74, 6) is 0.486. The Balaban J connectivity index is 1.65. The number of nitrogens with one attached hydrogen (secondary N) is 1. The van der Waals surface area contributed by atoms with E-state index in [0.717, 1.165) is 24.4 Å². The molecule has 1 aliphatic carbocycles. The molecule has 1 aliphatic heterocycles. The number of rotatable bonds is 3. The highest BCUT2D eigenvalue weighted by Gasteiger charge is 2.55. The van der Waals surface area contributed by atoms with Crippen molar-refractivity contribution in [3.05, 3.63) is 28.7 Å². The van der Waals surface area contributed by atoms with Crippen molar-refractivity contribution in [3.63, 3.8) is 0 Å². The van der Waals surface area contributed by atoms with Crippen LogP contribution in [0.15, 0.2) is 23.7 Å². The molecule has 1 saturated heterocycles. The van der Waals surface area contributed by atoms with Crippen LogP contribution in [-0.4, -0.2) is 28.5 Å². The Morgan fingerprint density at radius 2 is 2.14 bits per heavy atom. The highest BCUT2D eigenvalue weighted by molar-refractivity contribution is 7.09. The summed E-state index contributed by atoms with van der Waals surface area (Å²) in [4.78, 5) is 18.8. The van der Waals surface area contributed by atoms with E-state index >= 15 is 0 Å². The Bertz CT molecular complexity index is 530. The first-order valence-corrected chi connectivity index (χ1v) is 8.53. The molecule has 1 aromatic rings. The summed E-state index contributed by atoms with van der Waals surface area (Å²) in [6, 6.07) is 0.369. The van der Waals surface area contributed by atoms with Crippen LogP contribution in [-0.2, 0) is 0 Å². The molecule has 114 valence electrons. The number of allylic oxidation sites excluding steroid dienone is 2. The number of urea groups is 1. The van der Waals surface area contributed by atoms with Gasteiger partial charge < -0.3 is 10.2 Å². The van der Waals surface area contributed by atoms with E-state index in [9.17, 15) is 4.79 Å². The lowest BCUT2D eigenvalue weighted by atomic mass is 9.65. The van der Waals surface area contributed by atoms with Gasteiger partial charge in [0.2, 0.25) is 0 Å². The van der Waals surface area contributed by atoms with Crippen molar-refractivity contribution in [3.8, 4) is 0 Å². The molecule has 1 aromatic heterocycles. The molecule has 21 heavy (non-hydrogen) atoms. The van der Waals surface area contributed by atoms with Gasteiger partial charge in [-0.05, 0) is 25.7 Å². The molecule has 2 heterocycles. The maximum absolute atomic E-state index is 12.6. The van der Waals surface area contributed by atoms with E-state index in [-0.39, 0.29) is 12.1 Å². The summed E-state index contributed by atoms with van der Waals surface area (Å²) < 4.78 is 0. The SMILES string of the molecule is CC(C)C1N(C(=O)N[C@@H](C)c2nccs2)CC12CC=CC2. The lowest BCUT2D eigenvalue weighted by Crippen LogP contribution is -2.69. The van der Waals surface area contributed by atoms with Crippen LogP contribution in [0.4, 0.5) is 4.79 Å². The number of carbonyl (C=O) groups excluding carboxylic acids is 1. The molecular formula is C16H23N3OS. The van der Waals surface area contributed by atoms with Crippen LogP contribution in [0.1, 0.15) is 44.7 Å². The standard InChI is InChI=1S/C16H23N3OS/c1-11(2)13-16(6-4-5-7-16)10-19(13)15(20)18-12(3)14-17-8-9-21-14/h4-5,8-9,11-13H,6-7,10H2,1-3H3,(H,18,20)/t12-,13?/m0/s1. The van der Waals surface area contributed by atoms with Crippen molar-refractivity contribution >= 4 is 17.4 Å². The number of hydrogen-bond acceptors (Lipinski definition) is 3. The summed E-state index contributed by atoms with van der Waals surface area (Å²) >= 11 is 1.58. The van der Waals surface area contributed by atoms with Gasteiger partial charge in [0.25, 0.3) is 0 Å². The minimum atomic E-state index is -0.0245. The number of likely N-dealkylation sites (tertiary alicyclic amines) is 1. The Morgan fingerprint density at radius 3 is 2.71 bits per heavy atom. The van der Waals surface area contributed by atoms with Crippen molar-refractivity contribution in [2.24, 2.45) is 11.3 Å².